The number of carbonyl (C=O) groups excluding carboxylic acids is 1. The second kappa shape index (κ2) is 9.78. The van der Waals surface area contributed by atoms with Crippen LogP contribution in [-0.4, -0.2) is 86.0 Å². The van der Waals surface area contributed by atoms with Crippen molar-refractivity contribution in [3.63, 3.8) is 0 Å². The number of methoxy groups -OCH3 is 1. The third-order valence-corrected chi connectivity index (χ3v) is 5.78. The van der Waals surface area contributed by atoms with Crippen molar-refractivity contribution >= 4 is 11.9 Å². The minimum Gasteiger partial charge on any atom is -0.496 e. The zero-order valence-corrected chi connectivity index (χ0v) is 17.4. The highest BCUT2D eigenvalue weighted by molar-refractivity contribution is 5.82. The van der Waals surface area contributed by atoms with Crippen molar-refractivity contribution in [2.75, 3.05) is 53.4 Å². The van der Waals surface area contributed by atoms with Gasteiger partial charge in [-0.05, 0) is 25.8 Å². The van der Waals surface area contributed by atoms with E-state index in [9.17, 15) is 4.79 Å². The number of benzene rings is 1. The summed E-state index contributed by atoms with van der Waals surface area (Å²) in [6.07, 6.45) is 2.28. The summed E-state index contributed by atoms with van der Waals surface area (Å²) in [4.78, 5) is 23.7. The summed E-state index contributed by atoms with van der Waals surface area (Å²) in [5.74, 6) is 2.05. The van der Waals surface area contributed by atoms with Gasteiger partial charge in [-0.15, -0.1) is 0 Å². The van der Waals surface area contributed by atoms with Crippen molar-refractivity contribution in [1.82, 2.24) is 20.0 Å². The predicted octanol–water partition coefficient (Wildman–Crippen LogP) is 1.40. The molecule has 0 bridgehead atoms. The average Bonchev–Trinajstić information content (AvgIpc) is 3.29. The summed E-state index contributed by atoms with van der Waals surface area (Å²) >= 11 is 0. The molecule has 0 spiro atoms. The highest BCUT2D eigenvalue weighted by atomic mass is 16.5. The van der Waals surface area contributed by atoms with E-state index < -0.39 is 0 Å². The van der Waals surface area contributed by atoms with Crippen LogP contribution in [0.4, 0.5) is 0 Å². The maximum atomic E-state index is 12.7. The zero-order valence-electron chi connectivity index (χ0n) is 17.4. The summed E-state index contributed by atoms with van der Waals surface area (Å²) < 4.78 is 5.43. The molecule has 1 atom stereocenters. The van der Waals surface area contributed by atoms with Gasteiger partial charge in [-0.25, -0.2) is 0 Å². The van der Waals surface area contributed by atoms with Crippen LogP contribution >= 0.6 is 0 Å². The summed E-state index contributed by atoms with van der Waals surface area (Å²) in [5.41, 5.74) is 1.11. The lowest BCUT2D eigenvalue weighted by Gasteiger charge is -2.39. The molecule has 1 N–H and O–H groups in total. The Morgan fingerprint density at radius 3 is 2.43 bits per heavy atom. The van der Waals surface area contributed by atoms with Crippen LogP contribution in [0, 0.1) is 0 Å². The molecule has 2 aliphatic heterocycles. The Kier molecular flexibility index (Phi) is 7.14. The Morgan fingerprint density at radius 1 is 1.11 bits per heavy atom. The third kappa shape index (κ3) is 4.76. The maximum absolute atomic E-state index is 12.7. The molecule has 2 heterocycles. The number of nitrogens with zero attached hydrogens (tertiary/aromatic N) is 4. The van der Waals surface area contributed by atoms with Crippen LogP contribution in [-0.2, 0) is 11.3 Å². The van der Waals surface area contributed by atoms with Crippen molar-refractivity contribution < 1.29 is 9.53 Å². The number of carbonyl (C=O) groups is 1. The molecule has 7 heteroatoms. The van der Waals surface area contributed by atoms with Crippen LogP contribution in [0.15, 0.2) is 29.3 Å². The highest BCUT2D eigenvalue weighted by Gasteiger charge is 2.30. The Morgan fingerprint density at radius 2 is 1.79 bits per heavy atom. The first-order valence-corrected chi connectivity index (χ1v) is 10.2. The Bertz CT molecular complexity index is 679. The lowest BCUT2D eigenvalue weighted by Crippen LogP contribution is -2.57. The predicted molar refractivity (Wildman–Crippen MR) is 112 cm³/mol. The molecule has 154 valence electrons. The zero-order chi connectivity index (χ0) is 19.9. The number of guanidine groups is 1. The van der Waals surface area contributed by atoms with E-state index in [-0.39, 0.29) is 11.9 Å². The molecule has 28 heavy (non-hydrogen) atoms. The molecule has 2 fully saturated rings. The fourth-order valence-corrected chi connectivity index (χ4v) is 4.03. The van der Waals surface area contributed by atoms with Gasteiger partial charge in [0.15, 0.2) is 5.96 Å². The molecule has 1 aromatic rings. The second-order valence-electron chi connectivity index (χ2n) is 7.44. The van der Waals surface area contributed by atoms with Gasteiger partial charge in [-0.3, -0.25) is 14.7 Å². The molecule has 3 rings (SSSR count). The van der Waals surface area contributed by atoms with E-state index >= 15 is 0 Å². The van der Waals surface area contributed by atoms with Crippen LogP contribution in [0.25, 0.3) is 0 Å². The Labute approximate surface area is 168 Å². The SMILES string of the molecule is CN=C(NCc1ccccc1OC)N1CCN(C(C)C(=O)N2CCCC2)CC1. The minimum absolute atomic E-state index is 0.0381. The van der Waals surface area contributed by atoms with E-state index in [1.807, 2.05) is 37.1 Å². The van der Waals surface area contributed by atoms with Crippen LogP contribution in [0.3, 0.4) is 0 Å². The number of ether oxygens (including phenoxy) is 1. The van der Waals surface area contributed by atoms with E-state index in [0.717, 1.165) is 69.4 Å². The van der Waals surface area contributed by atoms with Gasteiger partial charge in [-0.1, -0.05) is 18.2 Å². The van der Waals surface area contributed by atoms with Gasteiger partial charge in [0.1, 0.15) is 5.75 Å². The molecule has 1 aromatic carbocycles. The van der Waals surface area contributed by atoms with Gasteiger partial charge in [0, 0.05) is 58.4 Å². The lowest BCUT2D eigenvalue weighted by molar-refractivity contribution is -0.135. The van der Waals surface area contributed by atoms with Gasteiger partial charge >= 0.3 is 0 Å². The van der Waals surface area contributed by atoms with Crippen molar-refractivity contribution in [1.29, 1.82) is 0 Å². The van der Waals surface area contributed by atoms with E-state index in [2.05, 4.69) is 26.2 Å². The molecule has 7 nitrogen and oxygen atoms in total. The quantitative estimate of drug-likeness (QED) is 0.611. The number of amides is 1. The first-order valence-electron chi connectivity index (χ1n) is 10.2. The summed E-state index contributed by atoms with van der Waals surface area (Å²) in [6, 6.07) is 7.98. The molecule has 0 saturated carbocycles. The number of hydrogen-bond acceptors (Lipinski definition) is 4. The second-order valence-corrected chi connectivity index (χ2v) is 7.44. The number of hydrogen-bond donors (Lipinski definition) is 1. The van der Waals surface area contributed by atoms with E-state index in [0.29, 0.717) is 6.54 Å². The molecule has 1 amide bonds. The van der Waals surface area contributed by atoms with Gasteiger partial charge in [0.25, 0.3) is 0 Å². The van der Waals surface area contributed by atoms with Gasteiger partial charge in [0.05, 0.1) is 13.2 Å². The third-order valence-electron chi connectivity index (χ3n) is 5.78. The normalized spacial score (nSPS) is 19.6. The van der Waals surface area contributed by atoms with Gasteiger partial charge < -0.3 is 19.9 Å². The van der Waals surface area contributed by atoms with Crippen LogP contribution in [0.2, 0.25) is 0 Å². The topological polar surface area (TPSA) is 60.4 Å². The first kappa shape index (κ1) is 20.5. The molecule has 1 unspecified atom stereocenters. The molecule has 0 aromatic heterocycles. The van der Waals surface area contributed by atoms with E-state index in [1.165, 1.54) is 0 Å². The monoisotopic (exact) mass is 387 g/mol. The first-order chi connectivity index (χ1) is 13.6. The summed E-state index contributed by atoms with van der Waals surface area (Å²) in [6.45, 7) is 8.02. The molecule has 0 aliphatic carbocycles. The number of likely N-dealkylation sites (tertiary alicyclic amines) is 1. The molecular weight excluding hydrogens is 354 g/mol. The van der Waals surface area contributed by atoms with Crippen molar-refractivity contribution in [2.45, 2.75) is 32.4 Å². The Hall–Kier alpha value is -2.28. The molecular formula is C21H33N5O2. The standard InChI is InChI=1S/C21H33N5O2/c1-17(20(27)25-10-6-7-11-25)24-12-14-26(15-13-24)21(22-2)23-16-18-8-4-5-9-19(18)28-3/h4-5,8-9,17H,6-7,10-16H2,1-3H3,(H,22,23). The fraction of sp³-hybridized carbons (Fsp3) is 0.619. The number of para-hydroxylation sites is 1. The number of piperazine rings is 1. The number of aliphatic imine (C=N–C) groups is 1. The molecule has 2 saturated heterocycles. The lowest BCUT2D eigenvalue weighted by atomic mass is 10.2. The number of nitrogens with one attached hydrogen (secondary N) is 1. The highest BCUT2D eigenvalue weighted by Crippen LogP contribution is 2.17. The molecule has 2 aliphatic rings. The van der Waals surface area contributed by atoms with Crippen LogP contribution < -0.4 is 10.1 Å². The smallest absolute Gasteiger partial charge is 0.239 e. The van der Waals surface area contributed by atoms with Crippen molar-refractivity contribution in [2.24, 2.45) is 4.99 Å². The Balaban J connectivity index is 1.50. The van der Waals surface area contributed by atoms with Crippen LogP contribution in [0.5, 0.6) is 5.75 Å². The average molecular weight is 388 g/mol. The van der Waals surface area contributed by atoms with E-state index in [4.69, 9.17) is 4.74 Å². The number of rotatable bonds is 5. The van der Waals surface area contributed by atoms with Crippen molar-refractivity contribution in [3.8, 4) is 5.75 Å². The maximum Gasteiger partial charge on any atom is 0.239 e. The van der Waals surface area contributed by atoms with Crippen molar-refractivity contribution in [3.05, 3.63) is 29.8 Å². The largest absolute Gasteiger partial charge is 0.496 e. The van der Waals surface area contributed by atoms with E-state index in [1.54, 1.807) is 7.11 Å². The van der Waals surface area contributed by atoms with Gasteiger partial charge in [-0.2, -0.15) is 0 Å². The van der Waals surface area contributed by atoms with Gasteiger partial charge in [0.2, 0.25) is 5.91 Å². The van der Waals surface area contributed by atoms with Crippen LogP contribution in [0.1, 0.15) is 25.3 Å². The molecule has 0 radical (unpaired) electrons. The summed E-state index contributed by atoms with van der Waals surface area (Å²) in [5, 5.41) is 3.44. The summed E-state index contributed by atoms with van der Waals surface area (Å²) in [7, 11) is 3.51. The minimum atomic E-state index is -0.0381. The fourth-order valence-electron chi connectivity index (χ4n) is 4.03.